The number of aromatic hydroxyl groups is 3. The van der Waals surface area contributed by atoms with Crippen LogP contribution in [-0.2, 0) is 6.42 Å². The molecule has 1 heterocycles. The summed E-state index contributed by atoms with van der Waals surface area (Å²) < 4.78 is 5.71. The van der Waals surface area contributed by atoms with E-state index in [9.17, 15) is 15.3 Å². The third-order valence-electron chi connectivity index (χ3n) is 3.65. The van der Waals surface area contributed by atoms with Gasteiger partial charge in [0.05, 0.1) is 6.04 Å². The Morgan fingerprint density at radius 2 is 1.73 bits per heavy atom. The van der Waals surface area contributed by atoms with Crippen LogP contribution in [0.4, 0.5) is 0 Å². The topological polar surface area (TPSA) is 82.0 Å². The van der Waals surface area contributed by atoms with Crippen molar-refractivity contribution in [3.63, 3.8) is 0 Å². The number of rotatable bonds is 3. The molecule has 0 fully saturated rings. The summed E-state index contributed by atoms with van der Waals surface area (Å²) in [4.78, 5) is 0. The van der Waals surface area contributed by atoms with Crippen LogP contribution >= 0.6 is 17.0 Å². The summed E-state index contributed by atoms with van der Waals surface area (Å²) >= 11 is 0. The minimum absolute atomic E-state index is 0. The van der Waals surface area contributed by atoms with E-state index in [-0.39, 0.29) is 40.3 Å². The Labute approximate surface area is 139 Å². The number of benzene rings is 2. The lowest BCUT2D eigenvalue weighted by molar-refractivity contribution is 0.260. The van der Waals surface area contributed by atoms with E-state index >= 15 is 0 Å². The van der Waals surface area contributed by atoms with Gasteiger partial charge in [-0.05, 0) is 60.5 Å². The number of halogens is 1. The van der Waals surface area contributed by atoms with Crippen LogP contribution < -0.4 is 10.1 Å². The quantitative estimate of drug-likeness (QED) is 0.627. The maximum Gasteiger partial charge on any atom is 0.157 e. The predicted octanol–water partition coefficient (Wildman–Crippen LogP) is 2.65. The molecule has 0 spiro atoms. The van der Waals surface area contributed by atoms with Crippen molar-refractivity contribution < 1.29 is 20.1 Å². The molecule has 5 nitrogen and oxygen atoms in total. The molecular formula is C16H18BrNO4. The lowest BCUT2D eigenvalue weighted by Gasteiger charge is -2.27. The minimum atomic E-state index is -0.118. The average Bonchev–Trinajstić information content (AvgIpc) is 2.48. The molecule has 1 atom stereocenters. The van der Waals surface area contributed by atoms with Crippen LogP contribution in [0.1, 0.15) is 17.2 Å². The van der Waals surface area contributed by atoms with Crippen molar-refractivity contribution in [1.29, 1.82) is 0 Å². The molecule has 0 radical (unpaired) electrons. The molecule has 6 heteroatoms. The van der Waals surface area contributed by atoms with Gasteiger partial charge in [0.1, 0.15) is 18.1 Å². The first kappa shape index (κ1) is 16.5. The summed E-state index contributed by atoms with van der Waals surface area (Å²) in [6, 6.07) is 9.69. The van der Waals surface area contributed by atoms with Crippen LogP contribution in [0, 0.1) is 0 Å². The Bertz CT molecular complexity index is 645. The van der Waals surface area contributed by atoms with Gasteiger partial charge in [0.2, 0.25) is 0 Å². The molecular weight excluding hydrogens is 350 g/mol. The van der Waals surface area contributed by atoms with E-state index in [0.29, 0.717) is 12.4 Å². The molecule has 118 valence electrons. The van der Waals surface area contributed by atoms with Crippen LogP contribution in [-0.4, -0.2) is 28.5 Å². The molecule has 1 unspecified atom stereocenters. The molecule has 22 heavy (non-hydrogen) atoms. The van der Waals surface area contributed by atoms with E-state index in [4.69, 9.17) is 4.74 Å². The fourth-order valence-corrected chi connectivity index (χ4v) is 2.54. The maximum atomic E-state index is 9.66. The Balaban J connectivity index is 0.00000176. The SMILES string of the molecule is Br.Oc1ccc(OCC2NCCc3cc(O)c(O)cc32)cc1. The van der Waals surface area contributed by atoms with Crippen molar-refractivity contribution in [3.8, 4) is 23.0 Å². The number of hydrogen-bond acceptors (Lipinski definition) is 5. The van der Waals surface area contributed by atoms with Crippen LogP contribution in [0.5, 0.6) is 23.0 Å². The number of hydrogen-bond donors (Lipinski definition) is 4. The molecule has 0 aliphatic carbocycles. The van der Waals surface area contributed by atoms with E-state index in [1.807, 2.05) is 0 Å². The van der Waals surface area contributed by atoms with Gasteiger partial charge in [-0.15, -0.1) is 17.0 Å². The van der Waals surface area contributed by atoms with Gasteiger partial charge in [0.15, 0.2) is 11.5 Å². The summed E-state index contributed by atoms with van der Waals surface area (Å²) in [5.74, 6) is 0.662. The van der Waals surface area contributed by atoms with Gasteiger partial charge in [-0.1, -0.05) is 0 Å². The third kappa shape index (κ3) is 3.45. The molecule has 0 bridgehead atoms. The summed E-state index contributed by atoms with van der Waals surface area (Å²) in [7, 11) is 0. The fourth-order valence-electron chi connectivity index (χ4n) is 2.54. The van der Waals surface area contributed by atoms with Crippen molar-refractivity contribution >= 4 is 17.0 Å². The maximum absolute atomic E-state index is 9.66. The smallest absolute Gasteiger partial charge is 0.157 e. The highest BCUT2D eigenvalue weighted by Gasteiger charge is 2.22. The first-order valence-corrected chi connectivity index (χ1v) is 6.83. The summed E-state index contributed by atoms with van der Waals surface area (Å²) in [6.45, 7) is 1.20. The molecule has 2 aromatic carbocycles. The Kier molecular flexibility index (Phi) is 5.15. The Hall–Kier alpha value is -1.92. The summed E-state index contributed by atoms with van der Waals surface area (Å²) in [6.07, 6.45) is 0.804. The number of ether oxygens (including phenoxy) is 1. The second kappa shape index (κ2) is 6.89. The molecule has 1 aliphatic heterocycles. The van der Waals surface area contributed by atoms with Gasteiger partial charge >= 0.3 is 0 Å². The molecule has 4 N–H and O–H groups in total. The lowest BCUT2D eigenvalue weighted by atomic mass is 9.94. The van der Waals surface area contributed by atoms with Crippen molar-refractivity contribution in [3.05, 3.63) is 47.5 Å². The van der Waals surface area contributed by atoms with E-state index in [1.54, 1.807) is 36.4 Å². The number of phenolic OH excluding ortho intramolecular Hbond substituents is 3. The second-order valence-electron chi connectivity index (χ2n) is 5.10. The van der Waals surface area contributed by atoms with Gasteiger partial charge in [0, 0.05) is 0 Å². The van der Waals surface area contributed by atoms with E-state index in [2.05, 4.69) is 5.32 Å². The highest BCUT2D eigenvalue weighted by atomic mass is 79.9. The van der Waals surface area contributed by atoms with Crippen LogP contribution in [0.3, 0.4) is 0 Å². The van der Waals surface area contributed by atoms with Crippen LogP contribution in [0.25, 0.3) is 0 Å². The zero-order valence-electron chi connectivity index (χ0n) is 11.8. The van der Waals surface area contributed by atoms with Crippen molar-refractivity contribution in [1.82, 2.24) is 5.32 Å². The largest absolute Gasteiger partial charge is 0.508 e. The van der Waals surface area contributed by atoms with E-state index in [0.717, 1.165) is 24.1 Å². The highest BCUT2D eigenvalue weighted by Crippen LogP contribution is 2.33. The van der Waals surface area contributed by atoms with Gasteiger partial charge in [-0.3, -0.25) is 0 Å². The predicted molar refractivity (Wildman–Crippen MR) is 88.1 cm³/mol. The van der Waals surface area contributed by atoms with E-state index in [1.165, 1.54) is 0 Å². The van der Waals surface area contributed by atoms with Gasteiger partial charge in [0.25, 0.3) is 0 Å². The average molecular weight is 368 g/mol. The summed E-state index contributed by atoms with van der Waals surface area (Å²) in [5, 5.41) is 31.8. The first-order valence-electron chi connectivity index (χ1n) is 6.83. The first-order chi connectivity index (χ1) is 10.1. The van der Waals surface area contributed by atoms with Crippen molar-refractivity contribution in [2.45, 2.75) is 12.5 Å². The third-order valence-corrected chi connectivity index (χ3v) is 3.65. The van der Waals surface area contributed by atoms with Gasteiger partial charge in [-0.2, -0.15) is 0 Å². The Morgan fingerprint density at radius 3 is 2.45 bits per heavy atom. The molecule has 2 aromatic rings. The number of nitrogens with one attached hydrogen (secondary N) is 1. The zero-order valence-corrected chi connectivity index (χ0v) is 13.5. The highest BCUT2D eigenvalue weighted by molar-refractivity contribution is 8.93. The zero-order chi connectivity index (χ0) is 14.8. The number of fused-ring (bicyclic) bond motifs is 1. The lowest BCUT2D eigenvalue weighted by Crippen LogP contribution is -2.33. The van der Waals surface area contributed by atoms with Crippen LogP contribution in [0.15, 0.2) is 36.4 Å². The normalized spacial score (nSPS) is 16.5. The molecule has 3 rings (SSSR count). The van der Waals surface area contributed by atoms with Gasteiger partial charge in [-0.25, -0.2) is 0 Å². The van der Waals surface area contributed by atoms with E-state index < -0.39 is 0 Å². The standard InChI is InChI=1S/C16H17NO4.BrH/c18-11-1-3-12(4-2-11)21-9-14-13-8-16(20)15(19)7-10(13)5-6-17-14;/h1-4,7-8,14,17-20H,5-6,9H2;1H. The molecule has 0 saturated carbocycles. The minimum Gasteiger partial charge on any atom is -0.508 e. The molecule has 1 aliphatic rings. The van der Waals surface area contributed by atoms with Crippen LogP contribution in [0.2, 0.25) is 0 Å². The fraction of sp³-hybridized carbons (Fsp3) is 0.250. The molecule has 0 aromatic heterocycles. The Morgan fingerprint density at radius 1 is 1.05 bits per heavy atom. The molecule has 0 saturated heterocycles. The number of phenols is 3. The summed E-state index contributed by atoms with van der Waals surface area (Å²) in [5.41, 5.74) is 1.96. The van der Waals surface area contributed by atoms with Crippen molar-refractivity contribution in [2.75, 3.05) is 13.2 Å². The molecule has 0 amide bonds. The second-order valence-corrected chi connectivity index (χ2v) is 5.10. The van der Waals surface area contributed by atoms with Gasteiger partial charge < -0.3 is 25.4 Å². The monoisotopic (exact) mass is 367 g/mol. The van der Waals surface area contributed by atoms with Crippen molar-refractivity contribution in [2.24, 2.45) is 0 Å².